The zero-order valence-corrected chi connectivity index (χ0v) is 8.03. The van der Waals surface area contributed by atoms with Crippen LogP contribution < -0.4 is 16.8 Å². The van der Waals surface area contributed by atoms with Crippen molar-refractivity contribution >= 4 is 0 Å². The van der Waals surface area contributed by atoms with E-state index in [0.29, 0.717) is 17.3 Å². The minimum absolute atomic E-state index is 0.389. The van der Waals surface area contributed by atoms with Crippen LogP contribution in [0.4, 0.5) is 0 Å². The van der Waals surface area contributed by atoms with Crippen LogP contribution in [0.25, 0.3) is 0 Å². The van der Waals surface area contributed by atoms with E-state index in [9.17, 15) is 0 Å². The van der Waals surface area contributed by atoms with E-state index in [2.05, 4.69) is 17.5 Å². The minimum atomic E-state index is 0.389. The molecule has 5 N–H and O–H groups in total. The molecule has 0 aromatic rings. The van der Waals surface area contributed by atoms with Gasteiger partial charge in [-0.15, -0.1) is 0 Å². The van der Waals surface area contributed by atoms with Gasteiger partial charge in [0.05, 0.1) is 11.4 Å². The highest BCUT2D eigenvalue weighted by atomic mass is 14.8. The van der Waals surface area contributed by atoms with E-state index in [1.165, 1.54) is 5.57 Å². The predicted molar refractivity (Wildman–Crippen MR) is 57.9 cm³/mol. The van der Waals surface area contributed by atoms with Gasteiger partial charge >= 0.3 is 0 Å². The van der Waals surface area contributed by atoms with Crippen LogP contribution in [0, 0.1) is 5.92 Å². The lowest BCUT2D eigenvalue weighted by Gasteiger charge is -2.20. The standard InChI is InChI=1S/C11H15N3/c12-10-2-1-9(7-11(10)13)8-3-5-14-6-4-8/h2-5,7,9,14H,1,6,12-13H2. The van der Waals surface area contributed by atoms with Crippen molar-refractivity contribution < 1.29 is 0 Å². The van der Waals surface area contributed by atoms with Crippen molar-refractivity contribution in [2.75, 3.05) is 6.54 Å². The molecule has 2 rings (SSSR count). The lowest BCUT2D eigenvalue weighted by molar-refractivity contribution is 0.749. The third-order valence-electron chi connectivity index (χ3n) is 2.58. The SMILES string of the molecule is NC1=CCC(C2=CCNC=C2)C=C1N. The molecule has 0 radical (unpaired) electrons. The second-order valence-electron chi connectivity index (χ2n) is 3.57. The number of dihydropyridines is 1. The summed E-state index contributed by atoms with van der Waals surface area (Å²) in [5, 5.41) is 3.12. The maximum atomic E-state index is 5.78. The van der Waals surface area contributed by atoms with Gasteiger partial charge in [0.1, 0.15) is 0 Å². The molecule has 3 nitrogen and oxygen atoms in total. The molecule has 0 fully saturated rings. The molecule has 0 saturated carbocycles. The van der Waals surface area contributed by atoms with Gasteiger partial charge in [-0.25, -0.2) is 0 Å². The van der Waals surface area contributed by atoms with E-state index in [1.54, 1.807) is 0 Å². The van der Waals surface area contributed by atoms with Gasteiger partial charge < -0.3 is 16.8 Å². The fourth-order valence-corrected chi connectivity index (χ4v) is 1.73. The fraction of sp³-hybridized carbons (Fsp3) is 0.273. The van der Waals surface area contributed by atoms with E-state index in [0.717, 1.165) is 13.0 Å². The zero-order chi connectivity index (χ0) is 9.97. The minimum Gasteiger partial charge on any atom is -0.397 e. The van der Waals surface area contributed by atoms with Crippen molar-refractivity contribution in [2.45, 2.75) is 6.42 Å². The molecule has 1 unspecified atom stereocenters. The molecular weight excluding hydrogens is 174 g/mol. The molecule has 1 aliphatic carbocycles. The van der Waals surface area contributed by atoms with Gasteiger partial charge in [-0.05, 0) is 24.3 Å². The van der Waals surface area contributed by atoms with Crippen molar-refractivity contribution in [1.29, 1.82) is 0 Å². The van der Waals surface area contributed by atoms with Crippen LogP contribution in [0.2, 0.25) is 0 Å². The summed E-state index contributed by atoms with van der Waals surface area (Å²) in [5.74, 6) is 0.389. The van der Waals surface area contributed by atoms with Gasteiger partial charge in [0.25, 0.3) is 0 Å². The first-order valence-electron chi connectivity index (χ1n) is 4.80. The Morgan fingerprint density at radius 3 is 2.71 bits per heavy atom. The summed E-state index contributed by atoms with van der Waals surface area (Å²) < 4.78 is 0. The highest BCUT2D eigenvalue weighted by Crippen LogP contribution is 2.25. The number of nitrogens with one attached hydrogen (secondary N) is 1. The number of hydrogen-bond acceptors (Lipinski definition) is 3. The molecule has 0 aromatic heterocycles. The van der Waals surface area contributed by atoms with Gasteiger partial charge in [-0.2, -0.15) is 0 Å². The zero-order valence-electron chi connectivity index (χ0n) is 8.03. The van der Waals surface area contributed by atoms with E-state index in [-0.39, 0.29) is 0 Å². The largest absolute Gasteiger partial charge is 0.397 e. The van der Waals surface area contributed by atoms with Gasteiger partial charge in [-0.1, -0.05) is 18.2 Å². The van der Waals surface area contributed by atoms with E-state index >= 15 is 0 Å². The molecule has 1 aliphatic heterocycles. The molecule has 3 heteroatoms. The first kappa shape index (κ1) is 8.94. The lowest BCUT2D eigenvalue weighted by Crippen LogP contribution is -2.18. The van der Waals surface area contributed by atoms with E-state index in [1.807, 2.05) is 18.4 Å². The van der Waals surface area contributed by atoms with Crippen molar-refractivity contribution in [2.24, 2.45) is 17.4 Å². The van der Waals surface area contributed by atoms with Gasteiger partial charge in [0.15, 0.2) is 0 Å². The second kappa shape index (κ2) is 3.62. The molecule has 0 bridgehead atoms. The fourth-order valence-electron chi connectivity index (χ4n) is 1.73. The Bertz CT molecular complexity index is 348. The van der Waals surface area contributed by atoms with Crippen molar-refractivity contribution in [3.8, 4) is 0 Å². The Morgan fingerprint density at radius 1 is 1.21 bits per heavy atom. The number of allylic oxidation sites excluding steroid dienone is 4. The maximum absolute atomic E-state index is 5.78. The average Bonchev–Trinajstić information content (AvgIpc) is 2.23. The van der Waals surface area contributed by atoms with E-state index < -0.39 is 0 Å². The summed E-state index contributed by atoms with van der Waals surface area (Å²) >= 11 is 0. The Labute approximate surface area is 83.8 Å². The predicted octanol–water partition coefficient (Wildman–Crippen LogP) is 0.735. The van der Waals surface area contributed by atoms with Crippen LogP contribution in [-0.2, 0) is 0 Å². The number of hydrogen-bond donors (Lipinski definition) is 3. The van der Waals surface area contributed by atoms with Crippen LogP contribution in [0.5, 0.6) is 0 Å². The molecular formula is C11H15N3. The van der Waals surface area contributed by atoms with Crippen molar-refractivity contribution in [1.82, 2.24) is 5.32 Å². The molecule has 0 spiro atoms. The summed E-state index contributed by atoms with van der Waals surface area (Å²) in [4.78, 5) is 0. The Morgan fingerprint density at radius 2 is 2.07 bits per heavy atom. The van der Waals surface area contributed by atoms with Crippen molar-refractivity contribution in [3.05, 3.63) is 47.5 Å². The first-order valence-corrected chi connectivity index (χ1v) is 4.80. The molecule has 0 amide bonds. The molecule has 74 valence electrons. The third-order valence-corrected chi connectivity index (χ3v) is 2.58. The summed E-state index contributed by atoms with van der Waals surface area (Å²) in [5.41, 5.74) is 14.2. The van der Waals surface area contributed by atoms with Gasteiger partial charge in [-0.3, -0.25) is 0 Å². The highest BCUT2D eigenvalue weighted by Gasteiger charge is 2.15. The van der Waals surface area contributed by atoms with Crippen LogP contribution in [0.1, 0.15) is 6.42 Å². The Balaban J connectivity index is 2.15. The normalized spacial score (nSPS) is 26.0. The average molecular weight is 189 g/mol. The monoisotopic (exact) mass is 189 g/mol. The van der Waals surface area contributed by atoms with Crippen LogP contribution in [-0.4, -0.2) is 6.54 Å². The highest BCUT2D eigenvalue weighted by molar-refractivity contribution is 5.37. The van der Waals surface area contributed by atoms with Crippen molar-refractivity contribution in [3.63, 3.8) is 0 Å². The third kappa shape index (κ3) is 1.66. The Hall–Kier alpha value is -1.64. The second-order valence-corrected chi connectivity index (χ2v) is 3.57. The van der Waals surface area contributed by atoms with Crippen LogP contribution in [0.3, 0.4) is 0 Å². The molecule has 0 aromatic carbocycles. The van der Waals surface area contributed by atoms with Gasteiger partial charge in [0, 0.05) is 12.5 Å². The smallest absolute Gasteiger partial charge is 0.0510 e. The summed E-state index contributed by atoms with van der Waals surface area (Å²) in [6, 6.07) is 0. The Kier molecular flexibility index (Phi) is 2.31. The molecule has 0 saturated heterocycles. The quantitative estimate of drug-likeness (QED) is 0.570. The topological polar surface area (TPSA) is 64.1 Å². The molecule has 1 heterocycles. The van der Waals surface area contributed by atoms with Gasteiger partial charge in [0.2, 0.25) is 0 Å². The summed E-state index contributed by atoms with van der Waals surface area (Å²) in [6.45, 7) is 0.898. The lowest BCUT2D eigenvalue weighted by atomic mass is 9.89. The van der Waals surface area contributed by atoms with Crippen LogP contribution >= 0.6 is 0 Å². The summed E-state index contributed by atoms with van der Waals surface area (Å²) in [7, 11) is 0. The maximum Gasteiger partial charge on any atom is 0.0510 e. The molecule has 1 atom stereocenters. The molecule has 14 heavy (non-hydrogen) atoms. The van der Waals surface area contributed by atoms with E-state index in [4.69, 9.17) is 11.5 Å². The number of rotatable bonds is 1. The van der Waals surface area contributed by atoms with Crippen LogP contribution in [0.15, 0.2) is 47.5 Å². The molecule has 2 aliphatic rings. The number of nitrogens with two attached hydrogens (primary N) is 2. The summed E-state index contributed by atoms with van der Waals surface area (Å²) in [6.07, 6.45) is 11.2. The first-order chi connectivity index (χ1) is 6.77.